The van der Waals surface area contributed by atoms with E-state index in [-0.39, 0.29) is 6.61 Å². The molecule has 0 unspecified atom stereocenters. The number of carbonyl (C=O) groups is 1. The van der Waals surface area contributed by atoms with Gasteiger partial charge in [0.2, 0.25) is 0 Å². The lowest BCUT2D eigenvalue weighted by atomic mass is 10.2. The molecule has 1 radical (unpaired) electrons. The fraction of sp³-hybridized carbons (Fsp3) is 0.333. The lowest BCUT2D eigenvalue weighted by molar-refractivity contribution is -0.239. The molecule has 0 aromatic heterocycles. The Labute approximate surface area is 100 Å². The Morgan fingerprint density at radius 1 is 1.18 bits per heavy atom. The van der Waals surface area contributed by atoms with E-state index in [1.165, 1.54) is 14.2 Å². The Bertz CT molecular complexity index is 353. The molecule has 0 amide bonds. The first-order chi connectivity index (χ1) is 8.21. The van der Waals surface area contributed by atoms with Crippen molar-refractivity contribution in [1.29, 1.82) is 0 Å². The number of benzene rings is 1. The summed E-state index contributed by atoms with van der Waals surface area (Å²) in [6.07, 6.45) is 0.523. The molecule has 0 spiro atoms. The fourth-order valence-electron chi connectivity index (χ4n) is 1.13. The topological polar surface area (TPSA) is 54.0 Å². The van der Waals surface area contributed by atoms with E-state index in [1.807, 2.05) is 0 Å². The van der Waals surface area contributed by atoms with Crippen LogP contribution in [-0.2, 0) is 9.78 Å². The van der Waals surface area contributed by atoms with E-state index in [0.717, 1.165) is 0 Å². The molecule has 0 saturated carbocycles. The van der Waals surface area contributed by atoms with E-state index in [4.69, 9.17) is 9.47 Å². The van der Waals surface area contributed by atoms with Crippen molar-refractivity contribution in [1.82, 2.24) is 0 Å². The predicted octanol–water partition coefficient (Wildman–Crippen LogP) is 2.02. The molecule has 0 N–H and O–H groups in total. The number of ether oxygens (including phenoxy) is 2. The van der Waals surface area contributed by atoms with Gasteiger partial charge in [0.05, 0.1) is 26.4 Å². The van der Waals surface area contributed by atoms with Crippen molar-refractivity contribution in [3.63, 3.8) is 0 Å². The molecule has 17 heavy (non-hydrogen) atoms. The largest absolute Gasteiger partial charge is 0.497 e. The summed E-state index contributed by atoms with van der Waals surface area (Å²) in [5, 5.41) is 0. The number of hydrogen-bond donors (Lipinski definition) is 0. The second-order valence-electron chi connectivity index (χ2n) is 3.15. The minimum absolute atomic E-state index is 0.257. The molecular formula is C12H15O5. The molecule has 1 aromatic carbocycles. The van der Waals surface area contributed by atoms with Gasteiger partial charge in [-0.25, -0.2) is 4.79 Å². The normalized spacial score (nSPS) is 9.82. The maximum absolute atomic E-state index is 11.6. The molecule has 93 valence electrons. The summed E-state index contributed by atoms with van der Waals surface area (Å²) < 4.78 is 10.1. The van der Waals surface area contributed by atoms with E-state index in [0.29, 0.717) is 23.5 Å². The highest BCUT2D eigenvalue weighted by Gasteiger charge is 2.12. The smallest absolute Gasteiger partial charge is 0.373 e. The Morgan fingerprint density at radius 2 is 1.76 bits per heavy atom. The number of methoxy groups -OCH3 is 2. The minimum Gasteiger partial charge on any atom is -0.497 e. The second kappa shape index (κ2) is 6.75. The van der Waals surface area contributed by atoms with Crippen LogP contribution >= 0.6 is 0 Å². The summed E-state index contributed by atoms with van der Waals surface area (Å²) in [4.78, 5) is 20.8. The first-order valence-corrected chi connectivity index (χ1v) is 5.07. The van der Waals surface area contributed by atoms with Crippen molar-refractivity contribution in [2.45, 2.75) is 6.42 Å². The van der Waals surface area contributed by atoms with Crippen LogP contribution in [0.15, 0.2) is 18.2 Å². The van der Waals surface area contributed by atoms with Crippen molar-refractivity contribution in [2.75, 3.05) is 20.8 Å². The van der Waals surface area contributed by atoms with Gasteiger partial charge in [0.25, 0.3) is 0 Å². The third-order valence-corrected chi connectivity index (χ3v) is 1.95. The zero-order chi connectivity index (χ0) is 12.7. The quantitative estimate of drug-likeness (QED) is 0.432. The average Bonchev–Trinajstić information content (AvgIpc) is 2.38. The maximum atomic E-state index is 11.6. The summed E-state index contributed by atoms with van der Waals surface area (Å²) in [7, 11) is 3.01. The molecule has 0 aliphatic heterocycles. The third-order valence-electron chi connectivity index (χ3n) is 1.95. The summed E-state index contributed by atoms with van der Waals surface area (Å²) in [5.41, 5.74) is 0.297. The van der Waals surface area contributed by atoms with Gasteiger partial charge in [0.15, 0.2) is 0 Å². The first kappa shape index (κ1) is 13.3. The monoisotopic (exact) mass is 239 g/mol. The van der Waals surface area contributed by atoms with Crippen molar-refractivity contribution in [2.24, 2.45) is 0 Å². The fourth-order valence-corrected chi connectivity index (χ4v) is 1.13. The molecule has 1 aromatic rings. The molecule has 0 fully saturated rings. The van der Waals surface area contributed by atoms with Crippen LogP contribution in [0.25, 0.3) is 0 Å². The predicted molar refractivity (Wildman–Crippen MR) is 60.9 cm³/mol. The Morgan fingerprint density at radius 3 is 2.24 bits per heavy atom. The van der Waals surface area contributed by atoms with Crippen molar-refractivity contribution < 1.29 is 24.0 Å². The first-order valence-electron chi connectivity index (χ1n) is 5.07. The van der Waals surface area contributed by atoms with Crippen molar-refractivity contribution in [3.05, 3.63) is 30.7 Å². The van der Waals surface area contributed by atoms with Crippen LogP contribution in [0.5, 0.6) is 11.5 Å². The van der Waals surface area contributed by atoms with E-state index < -0.39 is 5.97 Å². The van der Waals surface area contributed by atoms with E-state index in [9.17, 15) is 4.79 Å². The van der Waals surface area contributed by atoms with Gasteiger partial charge in [0.1, 0.15) is 11.5 Å². The van der Waals surface area contributed by atoms with Crippen LogP contribution in [0.1, 0.15) is 16.8 Å². The molecule has 0 atom stereocenters. The van der Waals surface area contributed by atoms with Crippen LogP contribution in [0, 0.1) is 6.92 Å². The SMILES string of the molecule is [CH2]CCOOC(=O)c1cc(OC)cc(OC)c1. The Balaban J connectivity index is 2.77. The van der Waals surface area contributed by atoms with Gasteiger partial charge >= 0.3 is 5.97 Å². The zero-order valence-corrected chi connectivity index (χ0v) is 9.89. The highest BCUT2D eigenvalue weighted by molar-refractivity contribution is 5.90. The molecule has 0 aliphatic carbocycles. The lowest BCUT2D eigenvalue weighted by Gasteiger charge is -2.07. The molecular weight excluding hydrogens is 224 g/mol. The second-order valence-corrected chi connectivity index (χ2v) is 3.15. The Kier molecular flexibility index (Phi) is 5.29. The van der Waals surface area contributed by atoms with Crippen LogP contribution in [0.2, 0.25) is 0 Å². The van der Waals surface area contributed by atoms with Crippen LogP contribution < -0.4 is 9.47 Å². The highest BCUT2D eigenvalue weighted by Crippen LogP contribution is 2.22. The lowest BCUT2D eigenvalue weighted by Crippen LogP contribution is -2.07. The number of rotatable bonds is 6. The third kappa shape index (κ3) is 3.96. The summed E-state index contributed by atoms with van der Waals surface area (Å²) in [5.74, 6) is 0.414. The molecule has 0 aliphatic rings. The van der Waals surface area contributed by atoms with E-state index >= 15 is 0 Å². The molecule has 1 rings (SSSR count). The highest BCUT2D eigenvalue weighted by atomic mass is 17.2. The minimum atomic E-state index is -0.601. The van der Waals surface area contributed by atoms with Gasteiger partial charge < -0.3 is 9.47 Å². The molecule has 0 heterocycles. The number of carbonyl (C=O) groups excluding carboxylic acids is 1. The molecule has 5 nitrogen and oxygen atoms in total. The zero-order valence-electron chi connectivity index (χ0n) is 9.89. The number of hydrogen-bond acceptors (Lipinski definition) is 5. The van der Waals surface area contributed by atoms with Gasteiger partial charge in [-0.15, -0.1) is 0 Å². The van der Waals surface area contributed by atoms with Gasteiger partial charge in [-0.2, -0.15) is 4.89 Å². The summed E-state index contributed by atoms with van der Waals surface area (Å²) in [6.45, 7) is 3.81. The summed E-state index contributed by atoms with van der Waals surface area (Å²) >= 11 is 0. The van der Waals surface area contributed by atoms with Crippen LogP contribution in [0.4, 0.5) is 0 Å². The standard InChI is InChI=1S/C12H15O5/c1-4-5-16-17-12(13)9-6-10(14-2)8-11(7-9)15-3/h6-8H,1,4-5H2,2-3H3. The molecule has 0 saturated heterocycles. The van der Waals surface area contributed by atoms with Crippen LogP contribution in [0.3, 0.4) is 0 Å². The maximum Gasteiger partial charge on any atom is 0.373 e. The Hall–Kier alpha value is -1.75. The average molecular weight is 239 g/mol. The van der Waals surface area contributed by atoms with E-state index in [1.54, 1.807) is 18.2 Å². The van der Waals surface area contributed by atoms with Gasteiger partial charge in [0, 0.05) is 6.07 Å². The van der Waals surface area contributed by atoms with E-state index in [2.05, 4.69) is 16.7 Å². The van der Waals surface area contributed by atoms with Crippen molar-refractivity contribution in [3.8, 4) is 11.5 Å². The molecule has 5 heteroatoms. The van der Waals surface area contributed by atoms with Crippen LogP contribution in [-0.4, -0.2) is 26.8 Å². The van der Waals surface area contributed by atoms with Gasteiger partial charge in [-0.1, -0.05) is 6.92 Å². The summed E-state index contributed by atoms with van der Waals surface area (Å²) in [6, 6.07) is 4.74. The molecule has 0 bridgehead atoms. The van der Waals surface area contributed by atoms with Crippen molar-refractivity contribution >= 4 is 5.97 Å². The van der Waals surface area contributed by atoms with Gasteiger partial charge in [-0.05, 0) is 18.6 Å². The van der Waals surface area contributed by atoms with Gasteiger partial charge in [-0.3, -0.25) is 4.89 Å².